The van der Waals surface area contributed by atoms with E-state index in [4.69, 9.17) is 22.8 Å². The van der Waals surface area contributed by atoms with Crippen molar-refractivity contribution in [3.05, 3.63) is 44.0 Å². The molecule has 1 aliphatic rings. The molecular formula is C25H24ClN3O6S3. The van der Waals surface area contributed by atoms with Gasteiger partial charge in [-0.05, 0) is 56.4 Å². The SMILES string of the molecule is C#CCn1c(=NC(=O)CS(=O)(=O)CC(=O)Nc2sc3c(c2C(=O)OCC)CCCC3)sc2cc(Cl)ccc21. The molecule has 1 N–H and O–H groups in total. The van der Waals surface area contributed by atoms with E-state index in [0.29, 0.717) is 17.0 Å². The third kappa shape index (κ3) is 6.35. The molecule has 0 unspecified atom stereocenters. The van der Waals surface area contributed by atoms with Crippen LogP contribution in [0.3, 0.4) is 0 Å². The summed E-state index contributed by atoms with van der Waals surface area (Å²) in [5.41, 5.74) is 1.84. The number of nitrogens with one attached hydrogen (secondary N) is 1. The third-order valence-electron chi connectivity index (χ3n) is 5.71. The maximum atomic E-state index is 12.7. The van der Waals surface area contributed by atoms with Gasteiger partial charge in [-0.25, -0.2) is 13.2 Å². The van der Waals surface area contributed by atoms with E-state index in [0.717, 1.165) is 45.7 Å². The predicted octanol–water partition coefficient (Wildman–Crippen LogP) is 3.59. The fourth-order valence-electron chi connectivity index (χ4n) is 4.19. The van der Waals surface area contributed by atoms with Gasteiger partial charge in [0.2, 0.25) is 5.91 Å². The van der Waals surface area contributed by atoms with Crippen molar-refractivity contribution < 1.29 is 27.5 Å². The summed E-state index contributed by atoms with van der Waals surface area (Å²) >= 11 is 8.45. The van der Waals surface area contributed by atoms with Crippen LogP contribution in [0.2, 0.25) is 5.02 Å². The summed E-state index contributed by atoms with van der Waals surface area (Å²) in [5, 5.41) is 3.32. The van der Waals surface area contributed by atoms with Crippen molar-refractivity contribution in [2.24, 2.45) is 4.99 Å². The zero-order valence-corrected chi connectivity index (χ0v) is 23.6. The van der Waals surface area contributed by atoms with E-state index >= 15 is 0 Å². The van der Waals surface area contributed by atoms with Crippen LogP contribution >= 0.6 is 34.3 Å². The first-order chi connectivity index (χ1) is 18.1. The Morgan fingerprint density at radius 2 is 1.97 bits per heavy atom. The van der Waals surface area contributed by atoms with Crippen molar-refractivity contribution in [3.63, 3.8) is 0 Å². The Morgan fingerprint density at radius 3 is 2.71 bits per heavy atom. The highest BCUT2D eigenvalue weighted by Crippen LogP contribution is 2.38. The molecule has 0 atom stereocenters. The topological polar surface area (TPSA) is 124 Å². The minimum Gasteiger partial charge on any atom is -0.462 e. The first-order valence-electron chi connectivity index (χ1n) is 11.7. The van der Waals surface area contributed by atoms with Gasteiger partial charge in [-0.2, -0.15) is 4.99 Å². The first kappa shape index (κ1) is 28.0. The Balaban J connectivity index is 1.51. The number of aryl methyl sites for hydroxylation is 1. The minimum absolute atomic E-state index is 0.122. The number of esters is 1. The average molecular weight is 594 g/mol. The second kappa shape index (κ2) is 11.8. The predicted molar refractivity (Wildman–Crippen MR) is 148 cm³/mol. The quantitative estimate of drug-likeness (QED) is 0.314. The Labute approximate surface area is 232 Å². The van der Waals surface area contributed by atoms with Crippen LogP contribution in [0, 0.1) is 12.3 Å². The lowest BCUT2D eigenvalue weighted by Gasteiger charge is -2.12. The molecule has 2 aromatic heterocycles. The summed E-state index contributed by atoms with van der Waals surface area (Å²) in [4.78, 5) is 43.0. The smallest absolute Gasteiger partial charge is 0.341 e. The number of sulfone groups is 1. The number of thiophene rings is 1. The number of benzene rings is 1. The van der Waals surface area contributed by atoms with Gasteiger partial charge in [-0.3, -0.25) is 9.59 Å². The minimum atomic E-state index is -4.16. The highest BCUT2D eigenvalue weighted by molar-refractivity contribution is 7.92. The van der Waals surface area contributed by atoms with Crippen LogP contribution in [-0.2, 0) is 43.5 Å². The molecule has 0 fully saturated rings. The van der Waals surface area contributed by atoms with E-state index in [1.807, 2.05) is 0 Å². The molecule has 0 spiro atoms. The molecule has 1 aliphatic carbocycles. The zero-order valence-electron chi connectivity index (χ0n) is 20.4. The Hall–Kier alpha value is -2.98. The lowest BCUT2D eigenvalue weighted by Crippen LogP contribution is -2.28. The van der Waals surface area contributed by atoms with Crippen LogP contribution in [0.1, 0.15) is 40.6 Å². The number of rotatable bonds is 8. The highest BCUT2D eigenvalue weighted by atomic mass is 35.5. The zero-order chi connectivity index (χ0) is 27.4. The number of hydrogen-bond donors (Lipinski definition) is 1. The number of carbonyl (C=O) groups excluding carboxylic acids is 3. The summed E-state index contributed by atoms with van der Waals surface area (Å²) in [6.07, 6.45) is 8.80. The molecule has 13 heteroatoms. The number of hydrogen-bond acceptors (Lipinski definition) is 8. The number of fused-ring (bicyclic) bond motifs is 2. The molecule has 0 aliphatic heterocycles. The van der Waals surface area contributed by atoms with Crippen molar-refractivity contribution in [1.29, 1.82) is 0 Å². The monoisotopic (exact) mass is 593 g/mol. The number of terminal acetylenes is 1. The van der Waals surface area contributed by atoms with Crippen molar-refractivity contribution in [2.75, 3.05) is 23.4 Å². The first-order valence-corrected chi connectivity index (χ1v) is 15.6. The molecule has 0 saturated heterocycles. The lowest BCUT2D eigenvalue weighted by molar-refractivity contribution is -0.115. The van der Waals surface area contributed by atoms with E-state index in [9.17, 15) is 22.8 Å². The number of halogens is 1. The van der Waals surface area contributed by atoms with E-state index in [-0.39, 0.29) is 28.5 Å². The van der Waals surface area contributed by atoms with Gasteiger partial charge in [0, 0.05) is 9.90 Å². The normalized spacial score (nSPS) is 13.7. The number of amides is 2. The van der Waals surface area contributed by atoms with Crippen molar-refractivity contribution in [1.82, 2.24) is 4.57 Å². The molecule has 4 rings (SSSR count). The largest absolute Gasteiger partial charge is 0.462 e. The maximum absolute atomic E-state index is 12.7. The van der Waals surface area contributed by atoms with E-state index in [2.05, 4.69) is 16.2 Å². The Morgan fingerprint density at radius 1 is 1.21 bits per heavy atom. The summed E-state index contributed by atoms with van der Waals surface area (Å²) in [6, 6.07) is 5.12. The standard InChI is InChI=1S/C25H24ClN3O6S3/c1-3-11-29-17-10-9-15(26)12-19(17)37-25(29)28-21(31)14-38(33,34)13-20(30)27-23-22(24(32)35-4-2)16-7-5-6-8-18(16)36-23/h1,9-10,12H,4-8,11,13-14H2,2H3,(H,27,30). The van der Waals surface area contributed by atoms with Gasteiger partial charge in [0.1, 0.15) is 16.5 Å². The molecule has 0 saturated carbocycles. The van der Waals surface area contributed by atoms with Crippen LogP contribution in [0.15, 0.2) is 23.2 Å². The van der Waals surface area contributed by atoms with Crippen LogP contribution in [-0.4, -0.2) is 48.9 Å². The van der Waals surface area contributed by atoms with Gasteiger partial charge < -0.3 is 14.6 Å². The van der Waals surface area contributed by atoms with E-state index in [1.165, 1.54) is 11.3 Å². The van der Waals surface area contributed by atoms with Crippen LogP contribution in [0.25, 0.3) is 10.2 Å². The van der Waals surface area contributed by atoms with Crippen LogP contribution in [0.4, 0.5) is 5.00 Å². The van der Waals surface area contributed by atoms with Gasteiger partial charge in [0.05, 0.1) is 28.9 Å². The molecule has 9 nitrogen and oxygen atoms in total. The summed E-state index contributed by atoms with van der Waals surface area (Å²) < 4.78 is 32.9. The number of ether oxygens (including phenoxy) is 1. The van der Waals surface area contributed by atoms with Gasteiger partial charge in [0.25, 0.3) is 5.91 Å². The average Bonchev–Trinajstić information content (AvgIpc) is 3.35. The van der Waals surface area contributed by atoms with Crippen LogP contribution < -0.4 is 10.1 Å². The number of carbonyl (C=O) groups is 3. The second-order valence-corrected chi connectivity index (χ2v) is 13.1. The van der Waals surface area contributed by atoms with Gasteiger partial charge in [0.15, 0.2) is 14.6 Å². The van der Waals surface area contributed by atoms with Crippen molar-refractivity contribution in [3.8, 4) is 12.3 Å². The molecule has 200 valence electrons. The van der Waals surface area contributed by atoms with Crippen molar-refractivity contribution >= 4 is 77.1 Å². The summed E-state index contributed by atoms with van der Waals surface area (Å²) in [7, 11) is -4.16. The maximum Gasteiger partial charge on any atom is 0.341 e. The van der Waals surface area contributed by atoms with E-state index in [1.54, 1.807) is 29.7 Å². The van der Waals surface area contributed by atoms with Gasteiger partial charge >= 0.3 is 5.97 Å². The van der Waals surface area contributed by atoms with Gasteiger partial charge in [-0.15, -0.1) is 17.8 Å². The molecule has 38 heavy (non-hydrogen) atoms. The van der Waals surface area contributed by atoms with Crippen molar-refractivity contribution in [2.45, 2.75) is 39.2 Å². The molecule has 2 amide bonds. The van der Waals surface area contributed by atoms with E-state index < -0.39 is 39.1 Å². The number of thiazole rings is 1. The third-order valence-corrected chi connectivity index (χ3v) is 9.59. The summed E-state index contributed by atoms with van der Waals surface area (Å²) in [5.74, 6) is -1.74. The molecule has 1 aromatic carbocycles. The fraction of sp³-hybridized carbons (Fsp3) is 0.360. The van der Waals surface area contributed by atoms with Crippen LogP contribution in [0.5, 0.6) is 0 Å². The molecular weight excluding hydrogens is 570 g/mol. The second-order valence-electron chi connectivity index (χ2n) is 8.51. The molecule has 0 radical (unpaired) electrons. The lowest BCUT2D eigenvalue weighted by atomic mass is 9.95. The Kier molecular flexibility index (Phi) is 8.72. The number of anilines is 1. The molecule has 3 aromatic rings. The number of nitrogens with zero attached hydrogens (tertiary/aromatic N) is 2. The van der Waals surface area contributed by atoms with Gasteiger partial charge in [-0.1, -0.05) is 28.9 Å². The molecule has 0 bridgehead atoms. The fourth-order valence-corrected chi connectivity index (χ4v) is 7.82. The summed E-state index contributed by atoms with van der Waals surface area (Å²) in [6.45, 7) is 1.98. The number of aromatic nitrogens is 1. The highest BCUT2D eigenvalue weighted by Gasteiger charge is 2.28. The molecule has 2 heterocycles. The Bertz CT molecular complexity index is 1640.